The van der Waals surface area contributed by atoms with E-state index in [9.17, 15) is 4.79 Å². The van der Waals surface area contributed by atoms with Crippen LogP contribution in [0.2, 0.25) is 0 Å². The lowest BCUT2D eigenvalue weighted by Crippen LogP contribution is -2.31. The third-order valence-corrected chi connectivity index (χ3v) is 13.9. The molecule has 0 unspecified atom stereocenters. The zero-order valence-corrected chi connectivity index (χ0v) is 41.1. The Labute approximate surface area is 410 Å². The first-order valence-corrected chi connectivity index (χ1v) is 24.6. The second-order valence-electron chi connectivity index (χ2n) is 19.1. The minimum atomic E-state index is -0.307. The first kappa shape index (κ1) is 46.7. The van der Waals surface area contributed by atoms with E-state index in [-0.39, 0.29) is 11.4 Å². The molecule has 5 nitrogen and oxygen atoms in total. The van der Waals surface area contributed by atoms with Gasteiger partial charge in [0.2, 0.25) is 0 Å². The van der Waals surface area contributed by atoms with Gasteiger partial charge in [-0.1, -0.05) is 122 Å². The maximum atomic E-state index is 12.5. The third kappa shape index (κ3) is 10.7. The quantitative estimate of drug-likeness (QED) is 0.0757. The lowest BCUT2D eigenvalue weighted by molar-refractivity contribution is -0.131. The minimum absolute atomic E-state index is 0.189. The molecule has 8 aromatic carbocycles. The van der Waals surface area contributed by atoms with Crippen molar-refractivity contribution in [1.82, 2.24) is 0 Å². The van der Waals surface area contributed by atoms with Crippen LogP contribution >= 0.6 is 0 Å². The molecule has 1 saturated carbocycles. The molecule has 0 amide bonds. The lowest BCUT2D eigenvalue weighted by atomic mass is 9.64. The van der Waals surface area contributed by atoms with Crippen LogP contribution in [0.1, 0.15) is 94.7 Å². The Morgan fingerprint density at radius 2 is 0.928 bits per heavy atom. The van der Waals surface area contributed by atoms with Crippen molar-refractivity contribution in [2.45, 2.75) is 91.4 Å². The zero-order valence-electron chi connectivity index (χ0n) is 41.1. The van der Waals surface area contributed by atoms with Crippen LogP contribution in [0, 0.1) is 27.7 Å². The molecular weight excluding hydrogens is 845 g/mol. The molecule has 0 saturated heterocycles. The zero-order chi connectivity index (χ0) is 47.9. The Kier molecular flexibility index (Phi) is 14.1. The van der Waals surface area contributed by atoms with E-state index >= 15 is 0 Å². The Hall–Kier alpha value is -7.37. The van der Waals surface area contributed by atoms with Gasteiger partial charge in [0.25, 0.3) is 0 Å². The smallest absolute Gasteiger partial charge is 0.308 e. The molecule has 0 aliphatic heterocycles. The van der Waals surface area contributed by atoms with Gasteiger partial charge in [-0.3, -0.25) is 4.79 Å². The van der Waals surface area contributed by atoms with Crippen LogP contribution in [0.15, 0.2) is 182 Å². The molecule has 0 heterocycles. The molecule has 1 aliphatic carbocycles. The fourth-order valence-electron chi connectivity index (χ4n) is 10.4. The Morgan fingerprint density at radius 3 is 1.42 bits per heavy atom. The van der Waals surface area contributed by atoms with E-state index in [1.807, 2.05) is 6.07 Å². The minimum Gasteiger partial charge on any atom is -0.496 e. The van der Waals surface area contributed by atoms with Crippen molar-refractivity contribution in [2.24, 2.45) is 0 Å². The number of hydrogen-bond acceptors (Lipinski definition) is 5. The maximum absolute atomic E-state index is 12.5. The molecule has 348 valence electrons. The Bertz CT molecular complexity index is 2990. The highest BCUT2D eigenvalue weighted by atomic mass is 16.5. The molecule has 8 aromatic rings. The highest BCUT2D eigenvalue weighted by Gasteiger charge is 2.37. The van der Waals surface area contributed by atoms with Gasteiger partial charge in [0.05, 0.1) is 7.11 Å². The highest BCUT2D eigenvalue weighted by Crippen LogP contribution is 2.47. The summed E-state index contributed by atoms with van der Waals surface area (Å²) in [7, 11) is 1.77. The summed E-state index contributed by atoms with van der Waals surface area (Å²) in [5, 5.41) is 0. The molecule has 0 aromatic heterocycles. The van der Waals surface area contributed by atoms with Crippen LogP contribution in [0.3, 0.4) is 0 Å². The van der Waals surface area contributed by atoms with Crippen molar-refractivity contribution in [3.63, 3.8) is 0 Å². The molecule has 5 heteroatoms. The number of rotatable bonds is 15. The highest BCUT2D eigenvalue weighted by molar-refractivity contribution is 5.78. The average Bonchev–Trinajstić information content (AvgIpc) is 3.35. The predicted molar refractivity (Wildman–Crippen MR) is 286 cm³/mol. The van der Waals surface area contributed by atoms with Crippen LogP contribution in [0.5, 0.6) is 11.5 Å². The summed E-state index contributed by atoms with van der Waals surface area (Å²) in [6, 6.07) is 66.1. The van der Waals surface area contributed by atoms with Crippen LogP contribution in [-0.4, -0.2) is 13.1 Å². The van der Waals surface area contributed by atoms with Crippen LogP contribution in [0.25, 0.3) is 0 Å². The van der Waals surface area contributed by atoms with E-state index in [1.54, 1.807) is 7.11 Å². The molecule has 1 aliphatic rings. The second kappa shape index (κ2) is 20.9. The molecule has 9 rings (SSSR count). The fraction of sp³-hybridized carbons (Fsp3) is 0.234. The van der Waals surface area contributed by atoms with Crippen molar-refractivity contribution in [2.75, 3.05) is 16.9 Å². The number of carbonyl (C=O) groups is 1. The summed E-state index contributed by atoms with van der Waals surface area (Å²) >= 11 is 0. The number of benzene rings is 8. The number of methoxy groups -OCH3 is 1. The van der Waals surface area contributed by atoms with Gasteiger partial charge >= 0.3 is 5.97 Å². The Balaban J connectivity index is 0.998. The molecule has 69 heavy (non-hydrogen) atoms. The van der Waals surface area contributed by atoms with Crippen molar-refractivity contribution in [3.8, 4) is 11.5 Å². The van der Waals surface area contributed by atoms with Crippen molar-refractivity contribution >= 4 is 40.1 Å². The van der Waals surface area contributed by atoms with E-state index in [2.05, 4.69) is 213 Å². The van der Waals surface area contributed by atoms with E-state index < -0.39 is 0 Å². The number of esters is 1. The van der Waals surface area contributed by atoms with E-state index in [0.717, 1.165) is 90.4 Å². The SMILES string of the molecule is COc1ccc(C2(c3ccc(OC(C)=O)c(CCc4ccc(N(c5cccc(C)c5)c5cccc(C)c5)cc4)c3)CCCCC2)cc1Cc1ccc(N(c2ccc(C)cc2)c2cccc(C)c2)cc1. The Morgan fingerprint density at radius 1 is 0.464 bits per heavy atom. The number of aryl methyl sites for hydroxylation is 6. The standard InChI is InChI=1S/C64H64N2O3/c1-45-19-29-56(30-20-45)65(59-16-10-13-46(2)39-59)57-33-24-51(25-34-57)42-53-44-55(27-35-62(53)68-6)64(37-8-7-9-38-64)54-28-36-63(69-49(5)67)52(43-54)26-21-50-22-31-58(32-23-50)66(60-17-11-14-47(3)40-60)61-18-12-15-48(4)41-61/h10-20,22-25,27-36,39-41,43-44H,7-9,21,26,37-38,42H2,1-6H3. The summed E-state index contributed by atoms with van der Waals surface area (Å²) in [6.45, 7) is 10.0. The molecular formula is C64H64N2O3. The van der Waals surface area contributed by atoms with Crippen molar-refractivity contribution in [1.29, 1.82) is 0 Å². The van der Waals surface area contributed by atoms with Crippen molar-refractivity contribution in [3.05, 3.63) is 238 Å². The summed E-state index contributed by atoms with van der Waals surface area (Å²) in [6.07, 6.45) is 7.90. The van der Waals surface area contributed by atoms with Gasteiger partial charge in [-0.05, 0) is 188 Å². The predicted octanol–water partition coefficient (Wildman–Crippen LogP) is 16.4. The summed E-state index contributed by atoms with van der Waals surface area (Å²) < 4.78 is 12.0. The number of hydrogen-bond donors (Lipinski definition) is 0. The van der Waals surface area contributed by atoms with E-state index in [0.29, 0.717) is 5.75 Å². The van der Waals surface area contributed by atoms with Crippen LogP contribution in [0.4, 0.5) is 34.1 Å². The van der Waals surface area contributed by atoms with Gasteiger partial charge in [0.15, 0.2) is 0 Å². The first-order valence-electron chi connectivity index (χ1n) is 24.6. The largest absolute Gasteiger partial charge is 0.496 e. The summed E-state index contributed by atoms with van der Waals surface area (Å²) in [5.41, 5.74) is 18.7. The lowest BCUT2D eigenvalue weighted by Gasteiger charge is -2.39. The van der Waals surface area contributed by atoms with Crippen molar-refractivity contribution < 1.29 is 14.3 Å². The first-order chi connectivity index (χ1) is 33.5. The summed E-state index contributed by atoms with van der Waals surface area (Å²) in [4.78, 5) is 17.2. The molecule has 0 atom stereocenters. The van der Waals surface area contributed by atoms with Gasteiger partial charge in [-0.2, -0.15) is 0 Å². The van der Waals surface area contributed by atoms with E-state index in [4.69, 9.17) is 9.47 Å². The molecule has 0 bridgehead atoms. The van der Waals surface area contributed by atoms with Gasteiger partial charge in [0, 0.05) is 52.9 Å². The number of carbonyl (C=O) groups excluding carboxylic acids is 1. The van der Waals surface area contributed by atoms with Gasteiger partial charge in [-0.25, -0.2) is 0 Å². The molecule has 0 spiro atoms. The monoisotopic (exact) mass is 908 g/mol. The maximum Gasteiger partial charge on any atom is 0.308 e. The fourth-order valence-corrected chi connectivity index (χ4v) is 10.4. The summed E-state index contributed by atoms with van der Waals surface area (Å²) in [5.74, 6) is 1.23. The van der Waals surface area contributed by atoms with Gasteiger partial charge < -0.3 is 19.3 Å². The topological polar surface area (TPSA) is 42.0 Å². The third-order valence-electron chi connectivity index (χ3n) is 13.9. The number of anilines is 6. The normalized spacial score (nSPS) is 13.1. The number of nitrogens with zero attached hydrogens (tertiary/aromatic N) is 2. The second-order valence-corrected chi connectivity index (χ2v) is 19.1. The van der Waals surface area contributed by atoms with E-state index in [1.165, 1.54) is 63.4 Å². The van der Waals surface area contributed by atoms with Gasteiger partial charge in [0.1, 0.15) is 11.5 Å². The number of ether oxygens (including phenoxy) is 2. The van der Waals surface area contributed by atoms with Crippen LogP contribution in [-0.2, 0) is 29.5 Å². The molecule has 1 fully saturated rings. The molecule has 0 N–H and O–H groups in total. The average molecular weight is 909 g/mol. The molecule has 0 radical (unpaired) electrons. The van der Waals surface area contributed by atoms with Crippen LogP contribution < -0.4 is 19.3 Å². The van der Waals surface area contributed by atoms with Gasteiger partial charge in [-0.15, -0.1) is 0 Å².